The molecule has 15 heavy (non-hydrogen) atoms. The third kappa shape index (κ3) is 2.23. The summed E-state index contributed by atoms with van der Waals surface area (Å²) in [7, 11) is 0. The van der Waals surface area contributed by atoms with E-state index in [1.165, 1.54) is 12.8 Å². The van der Waals surface area contributed by atoms with Crippen molar-refractivity contribution in [1.82, 2.24) is 0 Å². The molecule has 0 saturated carbocycles. The van der Waals surface area contributed by atoms with Crippen LogP contribution in [0, 0.1) is 0 Å². The number of nitrogens with one attached hydrogen (secondary N) is 1. The van der Waals surface area contributed by atoms with Crippen LogP contribution in [0.3, 0.4) is 0 Å². The molecule has 4 heteroatoms. The van der Waals surface area contributed by atoms with Crippen LogP contribution in [0.4, 0.5) is 11.4 Å². The molecule has 0 radical (unpaired) electrons. The van der Waals surface area contributed by atoms with Gasteiger partial charge in [-0.15, -0.1) is 0 Å². The monoisotopic (exact) mass is 224 g/mol. The van der Waals surface area contributed by atoms with Crippen molar-refractivity contribution in [2.45, 2.75) is 12.8 Å². The van der Waals surface area contributed by atoms with Gasteiger partial charge in [0.15, 0.2) is 0 Å². The van der Waals surface area contributed by atoms with E-state index in [4.69, 9.17) is 11.6 Å². The number of amides is 1. The molecule has 1 fully saturated rings. The van der Waals surface area contributed by atoms with Crippen LogP contribution in [-0.4, -0.2) is 19.5 Å². The van der Waals surface area contributed by atoms with Crippen molar-refractivity contribution in [2.24, 2.45) is 0 Å². The van der Waals surface area contributed by atoms with Gasteiger partial charge >= 0.3 is 0 Å². The predicted octanol–water partition coefficient (Wildman–Crippen LogP) is 2.51. The lowest BCUT2D eigenvalue weighted by Gasteiger charge is -2.19. The fourth-order valence-corrected chi connectivity index (χ4v) is 2.18. The molecule has 3 nitrogen and oxygen atoms in total. The van der Waals surface area contributed by atoms with Crippen molar-refractivity contribution < 1.29 is 4.79 Å². The lowest BCUT2D eigenvalue weighted by Crippen LogP contribution is -2.17. The molecule has 2 rings (SSSR count). The molecule has 0 aliphatic carbocycles. The van der Waals surface area contributed by atoms with Crippen molar-refractivity contribution in [3.05, 3.63) is 23.2 Å². The molecule has 1 N–H and O–H groups in total. The van der Waals surface area contributed by atoms with Gasteiger partial charge in [0.25, 0.3) is 0 Å². The highest BCUT2D eigenvalue weighted by Crippen LogP contribution is 2.30. The second-order valence-corrected chi connectivity index (χ2v) is 4.03. The minimum absolute atomic E-state index is 0.654. The van der Waals surface area contributed by atoms with E-state index in [1.807, 2.05) is 12.1 Å². The van der Waals surface area contributed by atoms with Crippen molar-refractivity contribution in [3.63, 3.8) is 0 Å². The molecule has 1 amide bonds. The molecular weight excluding hydrogens is 212 g/mol. The first-order valence-electron chi connectivity index (χ1n) is 5.06. The second kappa shape index (κ2) is 4.53. The SMILES string of the molecule is O=CNc1ccc(N2CCCC2)c(Cl)c1. The highest BCUT2D eigenvalue weighted by atomic mass is 35.5. The van der Waals surface area contributed by atoms with E-state index in [0.29, 0.717) is 11.4 Å². The maximum Gasteiger partial charge on any atom is 0.211 e. The van der Waals surface area contributed by atoms with Gasteiger partial charge in [0, 0.05) is 18.8 Å². The first-order chi connectivity index (χ1) is 7.31. The van der Waals surface area contributed by atoms with Crippen LogP contribution in [0.5, 0.6) is 0 Å². The first kappa shape index (κ1) is 10.3. The average Bonchev–Trinajstić information content (AvgIpc) is 2.71. The Morgan fingerprint density at radius 1 is 1.33 bits per heavy atom. The fraction of sp³-hybridized carbons (Fsp3) is 0.364. The van der Waals surface area contributed by atoms with Gasteiger partial charge in [-0.1, -0.05) is 11.6 Å². The van der Waals surface area contributed by atoms with Crippen LogP contribution in [0.15, 0.2) is 18.2 Å². The zero-order valence-electron chi connectivity index (χ0n) is 8.37. The normalized spacial score (nSPS) is 15.4. The van der Waals surface area contributed by atoms with Gasteiger partial charge in [-0.3, -0.25) is 4.79 Å². The molecule has 0 aromatic heterocycles. The maximum atomic E-state index is 10.3. The molecular formula is C11H13ClN2O. The summed E-state index contributed by atoms with van der Waals surface area (Å²) in [5.41, 5.74) is 1.79. The van der Waals surface area contributed by atoms with Crippen molar-refractivity contribution >= 4 is 29.4 Å². The Hall–Kier alpha value is -1.22. The van der Waals surface area contributed by atoms with E-state index in [9.17, 15) is 4.79 Å². The second-order valence-electron chi connectivity index (χ2n) is 3.62. The number of hydrogen-bond acceptors (Lipinski definition) is 2. The van der Waals surface area contributed by atoms with E-state index in [1.54, 1.807) is 6.07 Å². The standard InChI is InChI=1S/C11H13ClN2O/c12-10-7-9(13-8-15)3-4-11(10)14-5-1-2-6-14/h3-4,7-8H,1-2,5-6H2,(H,13,15). The van der Waals surface area contributed by atoms with Gasteiger partial charge in [0.1, 0.15) is 0 Å². The van der Waals surface area contributed by atoms with Crippen LogP contribution >= 0.6 is 11.6 Å². The smallest absolute Gasteiger partial charge is 0.211 e. The molecule has 80 valence electrons. The molecule has 1 aromatic carbocycles. The Labute approximate surface area is 94.0 Å². The summed E-state index contributed by atoms with van der Waals surface area (Å²) in [4.78, 5) is 12.5. The topological polar surface area (TPSA) is 32.3 Å². The minimum atomic E-state index is 0.654. The molecule has 1 aliphatic heterocycles. The predicted molar refractivity (Wildman–Crippen MR) is 62.6 cm³/mol. The molecule has 1 aliphatic rings. The zero-order chi connectivity index (χ0) is 10.7. The van der Waals surface area contributed by atoms with Crippen molar-refractivity contribution in [3.8, 4) is 0 Å². The van der Waals surface area contributed by atoms with Crippen LogP contribution in [-0.2, 0) is 4.79 Å². The van der Waals surface area contributed by atoms with Gasteiger partial charge in [-0.2, -0.15) is 0 Å². The average molecular weight is 225 g/mol. The van der Waals surface area contributed by atoms with E-state index in [2.05, 4.69) is 10.2 Å². The third-order valence-corrected chi connectivity index (χ3v) is 2.92. The number of nitrogens with zero attached hydrogens (tertiary/aromatic N) is 1. The summed E-state index contributed by atoms with van der Waals surface area (Å²) in [6.07, 6.45) is 3.11. The number of carbonyl (C=O) groups excluding carboxylic acids is 1. The van der Waals surface area contributed by atoms with Crippen molar-refractivity contribution in [2.75, 3.05) is 23.3 Å². The first-order valence-corrected chi connectivity index (χ1v) is 5.44. The number of benzene rings is 1. The summed E-state index contributed by atoms with van der Waals surface area (Å²) < 4.78 is 0. The Kier molecular flexibility index (Phi) is 3.11. The number of anilines is 2. The van der Waals surface area contributed by atoms with Gasteiger partial charge in [-0.25, -0.2) is 0 Å². The van der Waals surface area contributed by atoms with Gasteiger partial charge in [-0.05, 0) is 31.0 Å². The van der Waals surface area contributed by atoms with E-state index >= 15 is 0 Å². The summed E-state index contributed by atoms with van der Waals surface area (Å²) in [5, 5.41) is 3.28. The van der Waals surface area contributed by atoms with Crippen LogP contribution < -0.4 is 10.2 Å². The maximum absolute atomic E-state index is 10.3. The number of carbonyl (C=O) groups is 1. The molecule has 1 aromatic rings. The van der Waals surface area contributed by atoms with Gasteiger partial charge in [0.2, 0.25) is 6.41 Å². The summed E-state index contributed by atoms with van der Waals surface area (Å²) >= 11 is 6.15. The van der Waals surface area contributed by atoms with Gasteiger partial charge in [0.05, 0.1) is 10.7 Å². The van der Waals surface area contributed by atoms with Gasteiger partial charge < -0.3 is 10.2 Å². The molecule has 0 spiro atoms. The summed E-state index contributed by atoms with van der Waals surface area (Å²) in [6.45, 7) is 2.14. The third-order valence-electron chi connectivity index (χ3n) is 2.62. The Morgan fingerprint density at radius 3 is 2.67 bits per heavy atom. The highest BCUT2D eigenvalue weighted by Gasteiger charge is 2.14. The van der Waals surface area contributed by atoms with Crippen LogP contribution in [0.25, 0.3) is 0 Å². The Bertz CT molecular complexity index is 362. The summed E-state index contributed by atoms with van der Waals surface area (Å²) in [5.74, 6) is 0. The Morgan fingerprint density at radius 2 is 2.07 bits per heavy atom. The largest absolute Gasteiger partial charge is 0.370 e. The van der Waals surface area contributed by atoms with Crippen LogP contribution in [0.1, 0.15) is 12.8 Å². The Balaban J connectivity index is 2.21. The molecule has 0 atom stereocenters. The van der Waals surface area contributed by atoms with E-state index in [-0.39, 0.29) is 0 Å². The zero-order valence-corrected chi connectivity index (χ0v) is 9.13. The van der Waals surface area contributed by atoms with Crippen LogP contribution in [0.2, 0.25) is 5.02 Å². The number of halogens is 1. The highest BCUT2D eigenvalue weighted by molar-refractivity contribution is 6.33. The number of hydrogen-bond donors (Lipinski definition) is 1. The quantitative estimate of drug-likeness (QED) is 0.801. The van der Waals surface area contributed by atoms with Crippen molar-refractivity contribution in [1.29, 1.82) is 0 Å². The molecule has 0 bridgehead atoms. The fourth-order valence-electron chi connectivity index (χ4n) is 1.88. The summed E-state index contributed by atoms with van der Waals surface area (Å²) in [6, 6.07) is 5.61. The molecule has 1 heterocycles. The molecule has 1 saturated heterocycles. The minimum Gasteiger partial charge on any atom is -0.370 e. The van der Waals surface area contributed by atoms with E-state index in [0.717, 1.165) is 24.5 Å². The number of rotatable bonds is 3. The lowest BCUT2D eigenvalue weighted by atomic mass is 10.2. The lowest BCUT2D eigenvalue weighted by molar-refractivity contribution is -0.105. The van der Waals surface area contributed by atoms with E-state index < -0.39 is 0 Å². The molecule has 0 unspecified atom stereocenters.